The molecule has 0 aliphatic carbocycles. The van der Waals surface area contributed by atoms with Gasteiger partial charge in [0.25, 0.3) is 5.91 Å². The second kappa shape index (κ2) is 11.6. The number of carbonyl (C=O) groups excluding carboxylic acids is 2. The molecule has 172 valence electrons. The standard InChI is InChI=1S/C24H24ClN3O4S/c25-21-11-13-22(14-12-21)33(31,32)28(17-19-7-3-1-4-8-19)18-23(29)26-15-16-27-24(30)20-9-5-2-6-10-20/h1-14H,15-18H2,(H,26,29)(H,27,30). The molecule has 7 nitrogen and oxygen atoms in total. The number of hydrogen-bond donors (Lipinski definition) is 2. The van der Waals surface area contributed by atoms with Crippen LogP contribution >= 0.6 is 11.6 Å². The molecule has 3 aromatic rings. The van der Waals surface area contributed by atoms with E-state index in [1.165, 1.54) is 24.3 Å². The highest BCUT2D eigenvalue weighted by Crippen LogP contribution is 2.20. The Kier molecular flexibility index (Phi) is 8.59. The number of rotatable bonds is 10. The Bertz CT molecular complexity index is 1170. The number of hydrogen-bond acceptors (Lipinski definition) is 4. The predicted molar refractivity (Wildman–Crippen MR) is 127 cm³/mol. The van der Waals surface area contributed by atoms with Crippen LogP contribution in [0.1, 0.15) is 15.9 Å². The molecule has 0 atom stereocenters. The molecule has 0 fully saturated rings. The van der Waals surface area contributed by atoms with Crippen LogP contribution in [0.15, 0.2) is 89.8 Å². The normalized spacial score (nSPS) is 11.2. The van der Waals surface area contributed by atoms with Crippen LogP contribution in [0, 0.1) is 0 Å². The maximum atomic E-state index is 13.2. The number of carbonyl (C=O) groups is 2. The monoisotopic (exact) mass is 485 g/mol. The summed E-state index contributed by atoms with van der Waals surface area (Å²) in [4.78, 5) is 24.6. The predicted octanol–water partition coefficient (Wildman–Crippen LogP) is 3.08. The number of nitrogens with zero attached hydrogens (tertiary/aromatic N) is 1. The lowest BCUT2D eigenvalue weighted by molar-refractivity contribution is -0.121. The smallest absolute Gasteiger partial charge is 0.251 e. The Morgan fingerprint density at radius 1 is 0.788 bits per heavy atom. The largest absolute Gasteiger partial charge is 0.353 e. The Morgan fingerprint density at radius 2 is 1.36 bits per heavy atom. The lowest BCUT2D eigenvalue weighted by atomic mass is 10.2. The second-order valence-corrected chi connectivity index (χ2v) is 9.56. The number of benzene rings is 3. The van der Waals surface area contributed by atoms with Crippen LogP contribution in [-0.2, 0) is 21.4 Å². The first-order valence-corrected chi connectivity index (χ1v) is 12.1. The Hall–Kier alpha value is -3.20. The van der Waals surface area contributed by atoms with Crippen molar-refractivity contribution in [1.82, 2.24) is 14.9 Å². The van der Waals surface area contributed by atoms with Gasteiger partial charge in [0, 0.05) is 30.2 Å². The van der Waals surface area contributed by atoms with Crippen LogP contribution < -0.4 is 10.6 Å². The lowest BCUT2D eigenvalue weighted by Crippen LogP contribution is -2.42. The zero-order valence-corrected chi connectivity index (χ0v) is 19.4. The zero-order chi connectivity index (χ0) is 23.7. The molecule has 9 heteroatoms. The molecule has 2 N–H and O–H groups in total. The number of sulfonamides is 1. The third-order valence-corrected chi connectivity index (χ3v) is 6.80. The molecule has 2 amide bonds. The highest BCUT2D eigenvalue weighted by atomic mass is 35.5. The summed E-state index contributed by atoms with van der Waals surface area (Å²) in [7, 11) is -3.95. The van der Waals surface area contributed by atoms with Crippen LogP contribution in [0.5, 0.6) is 0 Å². The SMILES string of the molecule is O=C(CN(Cc1ccccc1)S(=O)(=O)c1ccc(Cl)cc1)NCCNC(=O)c1ccccc1. The van der Waals surface area contributed by atoms with Gasteiger partial charge in [-0.05, 0) is 42.0 Å². The first kappa shape index (κ1) is 24.4. The number of nitrogens with one attached hydrogen (secondary N) is 2. The summed E-state index contributed by atoms with van der Waals surface area (Å²) in [5, 5.41) is 5.78. The van der Waals surface area contributed by atoms with E-state index in [4.69, 9.17) is 11.6 Å². The average molecular weight is 486 g/mol. The molecule has 3 rings (SSSR count). The maximum absolute atomic E-state index is 13.2. The summed E-state index contributed by atoms with van der Waals surface area (Å²) in [5.74, 6) is -0.724. The first-order valence-electron chi connectivity index (χ1n) is 10.3. The van der Waals surface area contributed by atoms with Crippen molar-refractivity contribution >= 4 is 33.4 Å². The van der Waals surface area contributed by atoms with Crippen LogP contribution in [0.4, 0.5) is 0 Å². The molecule has 0 radical (unpaired) electrons. The second-order valence-electron chi connectivity index (χ2n) is 7.18. The minimum atomic E-state index is -3.95. The van der Waals surface area contributed by atoms with Crippen molar-refractivity contribution < 1.29 is 18.0 Å². The van der Waals surface area contributed by atoms with Gasteiger partial charge < -0.3 is 10.6 Å². The van der Waals surface area contributed by atoms with Crippen LogP contribution in [0.25, 0.3) is 0 Å². The molecule has 0 spiro atoms. The fourth-order valence-electron chi connectivity index (χ4n) is 3.05. The third kappa shape index (κ3) is 7.15. The molecule has 0 unspecified atom stereocenters. The summed E-state index contributed by atoms with van der Waals surface area (Å²) in [5.41, 5.74) is 1.27. The van der Waals surface area contributed by atoms with Crippen molar-refractivity contribution in [1.29, 1.82) is 0 Å². The quantitative estimate of drug-likeness (QED) is 0.431. The Balaban J connectivity index is 1.62. The van der Waals surface area contributed by atoms with Gasteiger partial charge in [0.1, 0.15) is 0 Å². The molecule has 0 saturated carbocycles. The molecule has 33 heavy (non-hydrogen) atoms. The van der Waals surface area contributed by atoms with Crippen molar-refractivity contribution in [2.75, 3.05) is 19.6 Å². The highest BCUT2D eigenvalue weighted by Gasteiger charge is 2.26. The van der Waals surface area contributed by atoms with Gasteiger partial charge in [-0.1, -0.05) is 60.1 Å². The van der Waals surface area contributed by atoms with E-state index in [-0.39, 0.29) is 37.0 Å². The van der Waals surface area contributed by atoms with E-state index in [2.05, 4.69) is 10.6 Å². The van der Waals surface area contributed by atoms with Crippen LogP contribution in [-0.4, -0.2) is 44.2 Å². The molecular weight excluding hydrogens is 462 g/mol. The van der Waals surface area contributed by atoms with Crippen molar-refractivity contribution in [2.45, 2.75) is 11.4 Å². The van der Waals surface area contributed by atoms with Crippen LogP contribution in [0.2, 0.25) is 5.02 Å². The minimum absolute atomic E-state index is 0.0317. The molecule has 0 aromatic heterocycles. The molecule has 0 aliphatic heterocycles. The van der Waals surface area contributed by atoms with Gasteiger partial charge in [-0.25, -0.2) is 8.42 Å². The molecule has 0 heterocycles. The average Bonchev–Trinajstić information content (AvgIpc) is 2.83. The van der Waals surface area contributed by atoms with E-state index in [1.807, 2.05) is 12.1 Å². The molecule has 3 aromatic carbocycles. The van der Waals surface area contributed by atoms with Crippen molar-refractivity contribution in [3.63, 3.8) is 0 Å². The Labute approximate surface area is 198 Å². The van der Waals surface area contributed by atoms with Gasteiger partial charge >= 0.3 is 0 Å². The zero-order valence-electron chi connectivity index (χ0n) is 17.8. The van der Waals surface area contributed by atoms with Crippen LogP contribution in [0.3, 0.4) is 0 Å². The van der Waals surface area contributed by atoms with Gasteiger partial charge in [0.05, 0.1) is 11.4 Å². The maximum Gasteiger partial charge on any atom is 0.251 e. The lowest BCUT2D eigenvalue weighted by Gasteiger charge is -2.22. The molecule has 0 bridgehead atoms. The van der Waals surface area contributed by atoms with E-state index in [9.17, 15) is 18.0 Å². The van der Waals surface area contributed by atoms with E-state index in [0.29, 0.717) is 10.6 Å². The molecular formula is C24H24ClN3O4S. The fourth-order valence-corrected chi connectivity index (χ4v) is 4.56. The van der Waals surface area contributed by atoms with Gasteiger partial charge in [-0.15, -0.1) is 0 Å². The molecule has 0 aliphatic rings. The molecule has 0 saturated heterocycles. The number of amides is 2. The van der Waals surface area contributed by atoms with Gasteiger partial charge in [0.15, 0.2) is 0 Å². The van der Waals surface area contributed by atoms with Gasteiger partial charge in [0.2, 0.25) is 15.9 Å². The van der Waals surface area contributed by atoms with Crippen molar-refractivity contribution in [3.05, 3.63) is 101 Å². The van der Waals surface area contributed by atoms with E-state index in [1.54, 1.807) is 48.5 Å². The minimum Gasteiger partial charge on any atom is -0.353 e. The van der Waals surface area contributed by atoms with E-state index >= 15 is 0 Å². The third-order valence-electron chi connectivity index (χ3n) is 4.74. The summed E-state index contributed by atoms with van der Waals surface area (Å²) < 4.78 is 27.5. The van der Waals surface area contributed by atoms with Crippen molar-refractivity contribution in [3.8, 4) is 0 Å². The topological polar surface area (TPSA) is 95.6 Å². The first-order chi connectivity index (χ1) is 15.9. The van der Waals surface area contributed by atoms with E-state index in [0.717, 1.165) is 9.87 Å². The van der Waals surface area contributed by atoms with Crippen molar-refractivity contribution in [2.24, 2.45) is 0 Å². The fraction of sp³-hybridized carbons (Fsp3) is 0.167. The summed E-state index contributed by atoms with van der Waals surface area (Å²) in [6.45, 7) is 0.0378. The number of halogens is 1. The highest BCUT2D eigenvalue weighted by molar-refractivity contribution is 7.89. The van der Waals surface area contributed by atoms with Gasteiger partial charge in [-0.2, -0.15) is 4.31 Å². The van der Waals surface area contributed by atoms with E-state index < -0.39 is 15.9 Å². The summed E-state index contributed by atoms with van der Waals surface area (Å²) in [6.07, 6.45) is 0. The van der Waals surface area contributed by atoms with Gasteiger partial charge in [-0.3, -0.25) is 9.59 Å². The summed E-state index contributed by atoms with van der Waals surface area (Å²) in [6, 6.07) is 23.5. The Morgan fingerprint density at radius 3 is 2.00 bits per heavy atom. The summed E-state index contributed by atoms with van der Waals surface area (Å²) >= 11 is 5.89.